The summed E-state index contributed by atoms with van der Waals surface area (Å²) in [5.74, 6) is -0.884. The van der Waals surface area contributed by atoms with Gasteiger partial charge < -0.3 is 10.2 Å². The van der Waals surface area contributed by atoms with Gasteiger partial charge in [-0.25, -0.2) is 8.42 Å². The summed E-state index contributed by atoms with van der Waals surface area (Å²) in [6, 6.07) is 26.8. The van der Waals surface area contributed by atoms with Crippen LogP contribution in [0.1, 0.15) is 42.5 Å². The number of benzene rings is 4. The summed E-state index contributed by atoms with van der Waals surface area (Å²) in [5.41, 5.74) is 3.72. The van der Waals surface area contributed by atoms with Gasteiger partial charge in [-0.05, 0) is 68.7 Å². The van der Waals surface area contributed by atoms with E-state index in [0.29, 0.717) is 6.42 Å². The number of aryl methyl sites for hydroxylation is 2. The van der Waals surface area contributed by atoms with Crippen LogP contribution in [0.3, 0.4) is 0 Å². The average Bonchev–Trinajstić information content (AvgIpc) is 3.02. The Morgan fingerprint density at radius 1 is 0.804 bits per heavy atom. The summed E-state index contributed by atoms with van der Waals surface area (Å²) >= 11 is 12.6. The zero-order chi connectivity index (χ0) is 33.4. The highest BCUT2D eigenvalue weighted by molar-refractivity contribution is 7.92. The highest BCUT2D eigenvalue weighted by Gasteiger charge is 2.35. The number of rotatable bonds is 13. The largest absolute Gasteiger partial charge is 0.352 e. The van der Waals surface area contributed by atoms with Gasteiger partial charge in [0.25, 0.3) is 10.0 Å². The highest BCUT2D eigenvalue weighted by Crippen LogP contribution is 2.30. The molecule has 0 bridgehead atoms. The Labute approximate surface area is 282 Å². The molecule has 0 radical (unpaired) electrons. The summed E-state index contributed by atoms with van der Waals surface area (Å²) in [4.78, 5) is 30.0. The molecule has 0 saturated carbocycles. The predicted molar refractivity (Wildman–Crippen MR) is 186 cm³/mol. The van der Waals surface area contributed by atoms with Crippen LogP contribution in [0.4, 0.5) is 5.69 Å². The minimum absolute atomic E-state index is 0.00225. The van der Waals surface area contributed by atoms with Gasteiger partial charge in [-0.1, -0.05) is 108 Å². The first-order valence-corrected chi connectivity index (χ1v) is 17.3. The number of sulfonamides is 1. The van der Waals surface area contributed by atoms with Gasteiger partial charge in [-0.15, -0.1) is 0 Å². The molecular formula is C36H39Cl2N3O4S. The molecule has 242 valence electrons. The van der Waals surface area contributed by atoms with Gasteiger partial charge >= 0.3 is 0 Å². The quantitative estimate of drug-likeness (QED) is 0.160. The van der Waals surface area contributed by atoms with Crippen LogP contribution >= 0.6 is 23.2 Å². The Morgan fingerprint density at radius 3 is 1.93 bits per heavy atom. The predicted octanol–water partition coefficient (Wildman–Crippen LogP) is 7.36. The highest BCUT2D eigenvalue weighted by atomic mass is 35.5. The van der Waals surface area contributed by atoms with Crippen molar-refractivity contribution in [3.05, 3.63) is 129 Å². The molecule has 0 unspecified atom stereocenters. The van der Waals surface area contributed by atoms with Crippen molar-refractivity contribution in [1.82, 2.24) is 10.2 Å². The number of carbonyl (C=O) groups excluding carboxylic acids is 2. The molecule has 0 fully saturated rings. The number of hydrogen-bond acceptors (Lipinski definition) is 4. The number of carbonyl (C=O) groups is 2. The summed E-state index contributed by atoms with van der Waals surface area (Å²) in [7, 11) is -4.27. The van der Waals surface area contributed by atoms with Gasteiger partial charge in [0.15, 0.2) is 0 Å². The molecule has 0 aromatic heterocycles. The Hall–Kier alpha value is -3.85. The molecule has 4 rings (SSSR count). The Kier molecular flexibility index (Phi) is 11.9. The molecule has 10 heteroatoms. The third-order valence-corrected chi connectivity index (χ3v) is 9.99. The summed E-state index contributed by atoms with van der Waals surface area (Å²) < 4.78 is 29.4. The third kappa shape index (κ3) is 9.12. The molecule has 0 heterocycles. The van der Waals surface area contributed by atoms with E-state index in [1.165, 1.54) is 35.2 Å². The van der Waals surface area contributed by atoms with E-state index in [2.05, 4.69) is 5.32 Å². The van der Waals surface area contributed by atoms with Gasteiger partial charge in [0.05, 0.1) is 10.6 Å². The van der Waals surface area contributed by atoms with Crippen LogP contribution in [0.15, 0.2) is 102 Å². The van der Waals surface area contributed by atoms with Crippen molar-refractivity contribution in [2.45, 2.75) is 64.1 Å². The smallest absolute Gasteiger partial charge is 0.264 e. The first-order valence-electron chi connectivity index (χ1n) is 15.1. The molecule has 0 aliphatic heterocycles. The summed E-state index contributed by atoms with van der Waals surface area (Å²) in [6.07, 6.45) is 0.933. The third-order valence-electron chi connectivity index (χ3n) is 7.77. The fourth-order valence-corrected chi connectivity index (χ4v) is 6.85. The summed E-state index contributed by atoms with van der Waals surface area (Å²) in [5, 5.41) is 3.47. The van der Waals surface area contributed by atoms with Crippen molar-refractivity contribution in [2.24, 2.45) is 0 Å². The molecule has 7 nitrogen and oxygen atoms in total. The molecular weight excluding hydrogens is 641 g/mol. The van der Waals surface area contributed by atoms with Crippen LogP contribution in [0.25, 0.3) is 0 Å². The Balaban J connectivity index is 1.83. The van der Waals surface area contributed by atoms with E-state index in [4.69, 9.17) is 23.2 Å². The fourth-order valence-electron chi connectivity index (χ4n) is 4.93. The molecule has 0 aliphatic rings. The molecule has 0 aliphatic carbocycles. The van der Waals surface area contributed by atoms with Crippen LogP contribution in [-0.2, 0) is 32.6 Å². The van der Waals surface area contributed by atoms with Gasteiger partial charge in [0.1, 0.15) is 12.6 Å². The molecule has 4 aromatic carbocycles. The molecule has 0 spiro atoms. The van der Waals surface area contributed by atoms with Crippen molar-refractivity contribution in [2.75, 3.05) is 10.8 Å². The number of amides is 2. The van der Waals surface area contributed by atoms with E-state index in [1.54, 1.807) is 12.1 Å². The lowest BCUT2D eigenvalue weighted by molar-refractivity contribution is -0.140. The molecule has 1 N–H and O–H groups in total. The van der Waals surface area contributed by atoms with Crippen molar-refractivity contribution >= 4 is 50.7 Å². The second-order valence-electron chi connectivity index (χ2n) is 11.5. The van der Waals surface area contributed by atoms with Gasteiger partial charge in [-0.2, -0.15) is 0 Å². The second-order valence-corrected chi connectivity index (χ2v) is 14.2. The van der Waals surface area contributed by atoms with E-state index < -0.39 is 28.5 Å². The van der Waals surface area contributed by atoms with Gasteiger partial charge in [0, 0.05) is 29.1 Å². The topological polar surface area (TPSA) is 86.8 Å². The Bertz CT molecular complexity index is 1730. The standard InChI is InChI=1S/C36H39Cl2N3O4S/c1-5-27(4)39-36(43)34(19-28-9-7-6-8-10-28)40(23-29-15-11-25(2)12-16-29)35(42)24-41(32-21-30(37)20-31(38)22-32)46(44,45)33-17-13-26(3)14-18-33/h6-18,20-22,27,34H,5,19,23-24H2,1-4H3,(H,39,43)/t27-,34+/m1/s1. The number of halogens is 2. The lowest BCUT2D eigenvalue weighted by Gasteiger charge is -2.34. The van der Waals surface area contributed by atoms with Crippen LogP contribution in [0, 0.1) is 13.8 Å². The van der Waals surface area contributed by atoms with E-state index in [9.17, 15) is 18.0 Å². The lowest BCUT2D eigenvalue weighted by Crippen LogP contribution is -2.54. The van der Waals surface area contributed by atoms with Gasteiger partial charge in [0.2, 0.25) is 11.8 Å². The van der Waals surface area contributed by atoms with E-state index in [-0.39, 0.29) is 45.5 Å². The van der Waals surface area contributed by atoms with E-state index >= 15 is 0 Å². The van der Waals surface area contributed by atoms with Crippen molar-refractivity contribution in [1.29, 1.82) is 0 Å². The van der Waals surface area contributed by atoms with Crippen LogP contribution in [0.2, 0.25) is 10.0 Å². The molecule has 0 saturated heterocycles. The maximum absolute atomic E-state index is 14.6. The molecule has 2 atom stereocenters. The molecule has 4 aromatic rings. The second kappa shape index (κ2) is 15.6. The maximum Gasteiger partial charge on any atom is 0.264 e. The number of nitrogens with one attached hydrogen (secondary N) is 1. The minimum Gasteiger partial charge on any atom is -0.352 e. The first-order chi connectivity index (χ1) is 21.9. The van der Waals surface area contributed by atoms with Crippen molar-refractivity contribution < 1.29 is 18.0 Å². The molecule has 2 amide bonds. The fraction of sp³-hybridized carbons (Fsp3) is 0.278. The Morgan fingerprint density at radius 2 is 1.37 bits per heavy atom. The maximum atomic E-state index is 14.6. The SMILES string of the molecule is CC[C@@H](C)NC(=O)[C@H](Cc1ccccc1)N(Cc1ccc(C)cc1)C(=O)CN(c1cc(Cl)cc(Cl)c1)S(=O)(=O)c1ccc(C)cc1. The molecule has 46 heavy (non-hydrogen) atoms. The van der Waals surface area contributed by atoms with Crippen LogP contribution in [0.5, 0.6) is 0 Å². The van der Waals surface area contributed by atoms with Crippen LogP contribution < -0.4 is 9.62 Å². The number of hydrogen-bond donors (Lipinski definition) is 1. The van der Waals surface area contributed by atoms with Crippen molar-refractivity contribution in [3.8, 4) is 0 Å². The number of anilines is 1. The van der Waals surface area contributed by atoms with E-state index in [0.717, 1.165) is 26.6 Å². The van der Waals surface area contributed by atoms with E-state index in [1.807, 2.05) is 82.3 Å². The summed E-state index contributed by atoms with van der Waals surface area (Å²) in [6.45, 7) is 7.18. The zero-order valence-corrected chi connectivity index (χ0v) is 28.7. The van der Waals surface area contributed by atoms with Crippen molar-refractivity contribution in [3.63, 3.8) is 0 Å². The average molecular weight is 681 g/mol. The first kappa shape index (κ1) is 35.0. The minimum atomic E-state index is -4.27. The zero-order valence-electron chi connectivity index (χ0n) is 26.4. The van der Waals surface area contributed by atoms with Crippen LogP contribution in [-0.4, -0.2) is 43.8 Å². The monoisotopic (exact) mass is 679 g/mol. The normalized spacial score (nSPS) is 12.7. The van der Waals surface area contributed by atoms with Gasteiger partial charge in [-0.3, -0.25) is 13.9 Å². The lowest BCUT2D eigenvalue weighted by atomic mass is 10.0. The number of nitrogens with zero attached hydrogens (tertiary/aromatic N) is 2.